The maximum atomic E-state index is 4.58. The number of hydrogen-bond acceptors (Lipinski definition) is 4. The van der Waals surface area contributed by atoms with E-state index in [1.54, 1.807) is 0 Å². The molecule has 18 heavy (non-hydrogen) atoms. The van der Waals surface area contributed by atoms with E-state index in [1.165, 1.54) is 23.9 Å². The third kappa shape index (κ3) is 2.90. The average molecular weight is 268 g/mol. The van der Waals surface area contributed by atoms with Gasteiger partial charge in [-0.05, 0) is 20.5 Å². The Morgan fingerprint density at radius 2 is 2.44 bits per heavy atom. The summed E-state index contributed by atoms with van der Waals surface area (Å²) in [4.78, 5) is 7.04. The Morgan fingerprint density at radius 1 is 1.61 bits per heavy atom. The number of aryl methyl sites for hydroxylation is 1. The molecule has 102 valence electrons. The van der Waals surface area contributed by atoms with E-state index < -0.39 is 0 Å². The summed E-state index contributed by atoms with van der Waals surface area (Å²) in [6.07, 6.45) is 5.17. The van der Waals surface area contributed by atoms with Crippen LogP contribution in [0.3, 0.4) is 0 Å². The van der Waals surface area contributed by atoms with E-state index in [4.69, 9.17) is 0 Å². The normalized spacial score (nSPS) is 23.2. The van der Waals surface area contributed by atoms with Crippen LogP contribution in [0.15, 0.2) is 12.4 Å². The van der Waals surface area contributed by atoms with Gasteiger partial charge in [0.05, 0.1) is 6.04 Å². The highest BCUT2D eigenvalue weighted by Crippen LogP contribution is 2.25. The molecule has 1 aromatic heterocycles. The number of aromatic nitrogens is 2. The molecule has 0 radical (unpaired) electrons. The second-order valence-corrected chi connectivity index (χ2v) is 6.02. The highest BCUT2D eigenvalue weighted by Gasteiger charge is 2.30. The SMILES string of the molecule is CCCn1ccnc1C(NC)C1CSCCN1C. The average Bonchev–Trinajstić information content (AvgIpc) is 2.82. The summed E-state index contributed by atoms with van der Waals surface area (Å²) in [5.74, 6) is 3.60. The summed E-state index contributed by atoms with van der Waals surface area (Å²) >= 11 is 2.05. The summed E-state index contributed by atoms with van der Waals surface area (Å²) in [5.41, 5.74) is 0. The molecule has 5 heteroatoms. The van der Waals surface area contributed by atoms with E-state index in [1.807, 2.05) is 25.0 Å². The number of rotatable bonds is 5. The lowest BCUT2D eigenvalue weighted by atomic mass is 10.1. The van der Waals surface area contributed by atoms with Gasteiger partial charge in [0.2, 0.25) is 0 Å². The lowest BCUT2D eigenvalue weighted by Crippen LogP contribution is -2.47. The molecule has 1 N–H and O–H groups in total. The fraction of sp³-hybridized carbons (Fsp3) is 0.769. The Morgan fingerprint density at radius 3 is 3.11 bits per heavy atom. The van der Waals surface area contributed by atoms with Crippen LogP contribution < -0.4 is 5.32 Å². The monoisotopic (exact) mass is 268 g/mol. The number of nitrogens with one attached hydrogen (secondary N) is 1. The second kappa shape index (κ2) is 6.59. The van der Waals surface area contributed by atoms with Gasteiger partial charge in [-0.25, -0.2) is 4.98 Å². The minimum atomic E-state index is 0.323. The molecular weight excluding hydrogens is 244 g/mol. The largest absolute Gasteiger partial charge is 0.334 e. The quantitative estimate of drug-likeness (QED) is 0.879. The lowest BCUT2D eigenvalue weighted by Gasteiger charge is -2.37. The first-order valence-electron chi connectivity index (χ1n) is 6.74. The molecule has 4 nitrogen and oxygen atoms in total. The van der Waals surface area contributed by atoms with E-state index in [9.17, 15) is 0 Å². The Labute approximate surface area is 114 Å². The Balaban J connectivity index is 2.18. The van der Waals surface area contributed by atoms with Gasteiger partial charge in [-0.2, -0.15) is 11.8 Å². The second-order valence-electron chi connectivity index (χ2n) is 4.87. The summed E-state index contributed by atoms with van der Waals surface area (Å²) in [6.45, 7) is 4.43. The minimum Gasteiger partial charge on any atom is -0.334 e. The van der Waals surface area contributed by atoms with Crippen molar-refractivity contribution in [1.82, 2.24) is 19.8 Å². The van der Waals surface area contributed by atoms with Crippen LogP contribution in [0.25, 0.3) is 0 Å². The van der Waals surface area contributed by atoms with Gasteiger partial charge in [0.25, 0.3) is 0 Å². The van der Waals surface area contributed by atoms with E-state index in [0.29, 0.717) is 12.1 Å². The zero-order valence-electron chi connectivity index (χ0n) is 11.6. The van der Waals surface area contributed by atoms with Crippen molar-refractivity contribution in [3.63, 3.8) is 0 Å². The van der Waals surface area contributed by atoms with Crippen LogP contribution in [0, 0.1) is 0 Å². The number of imidazole rings is 1. The van der Waals surface area contributed by atoms with E-state index in [-0.39, 0.29) is 0 Å². The van der Waals surface area contributed by atoms with Gasteiger partial charge in [0.15, 0.2) is 0 Å². The molecule has 2 atom stereocenters. The standard InChI is InChI=1S/C13H24N4S/c1-4-6-17-7-5-15-13(17)12(14-2)11-10-18-9-8-16(11)3/h5,7,11-12,14H,4,6,8-10H2,1-3H3. The van der Waals surface area contributed by atoms with Crippen LogP contribution in [0.2, 0.25) is 0 Å². The van der Waals surface area contributed by atoms with Gasteiger partial charge in [-0.1, -0.05) is 6.92 Å². The smallest absolute Gasteiger partial charge is 0.127 e. The maximum Gasteiger partial charge on any atom is 0.127 e. The molecule has 1 saturated heterocycles. The van der Waals surface area contributed by atoms with Crippen LogP contribution >= 0.6 is 11.8 Å². The highest BCUT2D eigenvalue weighted by molar-refractivity contribution is 7.99. The first-order chi connectivity index (χ1) is 8.77. The first kappa shape index (κ1) is 13.9. The zero-order chi connectivity index (χ0) is 13.0. The predicted octanol–water partition coefficient (Wildman–Crippen LogP) is 1.60. The van der Waals surface area contributed by atoms with Crippen LogP contribution in [0.1, 0.15) is 25.2 Å². The van der Waals surface area contributed by atoms with Crippen molar-refractivity contribution < 1.29 is 0 Å². The van der Waals surface area contributed by atoms with Crippen LogP contribution in [0.5, 0.6) is 0 Å². The third-order valence-electron chi connectivity index (χ3n) is 3.63. The molecule has 0 aromatic carbocycles. The van der Waals surface area contributed by atoms with Crippen molar-refractivity contribution in [2.24, 2.45) is 0 Å². The third-order valence-corrected chi connectivity index (χ3v) is 4.68. The molecule has 0 aliphatic carbocycles. The molecule has 0 spiro atoms. The van der Waals surface area contributed by atoms with Crippen LogP contribution in [0.4, 0.5) is 0 Å². The van der Waals surface area contributed by atoms with Crippen molar-refractivity contribution in [2.45, 2.75) is 32.0 Å². The summed E-state index contributed by atoms with van der Waals surface area (Å²) in [6, 6.07) is 0.858. The maximum absolute atomic E-state index is 4.58. The van der Waals surface area contributed by atoms with Gasteiger partial charge in [0.1, 0.15) is 5.82 Å². The van der Waals surface area contributed by atoms with Crippen molar-refractivity contribution in [2.75, 3.05) is 32.1 Å². The highest BCUT2D eigenvalue weighted by atomic mass is 32.2. The molecule has 1 aliphatic heterocycles. The number of thioether (sulfide) groups is 1. The van der Waals surface area contributed by atoms with E-state index in [2.05, 4.69) is 39.9 Å². The minimum absolute atomic E-state index is 0.323. The Kier molecular flexibility index (Phi) is 5.09. The van der Waals surface area contributed by atoms with Crippen LogP contribution in [-0.4, -0.2) is 52.6 Å². The molecule has 2 unspecified atom stereocenters. The first-order valence-corrected chi connectivity index (χ1v) is 7.89. The number of hydrogen-bond donors (Lipinski definition) is 1. The van der Waals surface area contributed by atoms with Gasteiger partial charge >= 0.3 is 0 Å². The van der Waals surface area contributed by atoms with Gasteiger partial charge < -0.3 is 9.88 Å². The van der Waals surface area contributed by atoms with E-state index in [0.717, 1.165) is 13.0 Å². The van der Waals surface area contributed by atoms with Crippen molar-refractivity contribution in [3.8, 4) is 0 Å². The molecule has 0 bridgehead atoms. The lowest BCUT2D eigenvalue weighted by molar-refractivity contribution is 0.213. The molecule has 0 saturated carbocycles. The molecule has 1 aliphatic rings. The summed E-state index contributed by atoms with van der Waals surface area (Å²) in [5, 5.41) is 3.47. The molecule has 2 heterocycles. The van der Waals surface area contributed by atoms with Crippen molar-refractivity contribution in [3.05, 3.63) is 18.2 Å². The number of nitrogens with zero attached hydrogens (tertiary/aromatic N) is 3. The van der Waals surface area contributed by atoms with Crippen LogP contribution in [-0.2, 0) is 6.54 Å². The van der Waals surface area contributed by atoms with Gasteiger partial charge in [0, 0.05) is 43.0 Å². The molecule has 1 fully saturated rings. The van der Waals surface area contributed by atoms with E-state index >= 15 is 0 Å². The Hall–Kier alpha value is -0.520. The van der Waals surface area contributed by atoms with Gasteiger partial charge in [-0.15, -0.1) is 0 Å². The molecule has 2 rings (SSSR count). The number of likely N-dealkylation sites (N-methyl/N-ethyl adjacent to an activating group) is 2. The fourth-order valence-electron chi connectivity index (χ4n) is 2.58. The molecule has 0 amide bonds. The zero-order valence-corrected chi connectivity index (χ0v) is 12.4. The topological polar surface area (TPSA) is 33.1 Å². The van der Waals surface area contributed by atoms with Gasteiger partial charge in [-0.3, -0.25) is 4.90 Å². The van der Waals surface area contributed by atoms with Crippen molar-refractivity contribution in [1.29, 1.82) is 0 Å². The molecule has 1 aromatic rings. The molecular formula is C13H24N4S. The Bertz CT molecular complexity index is 366. The van der Waals surface area contributed by atoms with Crippen molar-refractivity contribution >= 4 is 11.8 Å². The summed E-state index contributed by atoms with van der Waals surface area (Å²) in [7, 11) is 4.27. The predicted molar refractivity (Wildman–Crippen MR) is 78.1 cm³/mol. The fourth-order valence-corrected chi connectivity index (χ4v) is 3.85. The summed E-state index contributed by atoms with van der Waals surface area (Å²) < 4.78 is 2.29.